The van der Waals surface area contributed by atoms with Gasteiger partial charge in [0, 0.05) is 51.5 Å². The average Bonchev–Trinajstić information content (AvgIpc) is 2.92. The van der Waals surface area contributed by atoms with E-state index in [9.17, 15) is 13.6 Å². The van der Waals surface area contributed by atoms with Gasteiger partial charge in [-0.3, -0.25) is 9.45 Å². The van der Waals surface area contributed by atoms with Crippen LogP contribution in [0.3, 0.4) is 0 Å². The van der Waals surface area contributed by atoms with Gasteiger partial charge in [0.25, 0.3) is 0 Å². The summed E-state index contributed by atoms with van der Waals surface area (Å²) in [5, 5.41) is 0. The number of hydrogen-bond acceptors (Lipinski definition) is 5. The molecular formula is C28H33N3O4S. The molecule has 4 rings (SSSR count). The van der Waals surface area contributed by atoms with Crippen LogP contribution in [0, 0.1) is 0 Å². The van der Waals surface area contributed by atoms with Crippen molar-refractivity contribution in [3.05, 3.63) is 101 Å². The fourth-order valence-corrected chi connectivity index (χ4v) is 5.05. The van der Waals surface area contributed by atoms with Gasteiger partial charge in [-0.1, -0.05) is 60.7 Å². The summed E-state index contributed by atoms with van der Waals surface area (Å²) < 4.78 is 28.2. The molecule has 1 saturated heterocycles. The molecule has 1 fully saturated rings. The first kappa shape index (κ1) is 26.0. The zero-order valence-corrected chi connectivity index (χ0v) is 21.4. The van der Waals surface area contributed by atoms with E-state index < -0.39 is 17.2 Å². The average molecular weight is 508 g/mol. The molecule has 0 amide bonds. The van der Waals surface area contributed by atoms with Gasteiger partial charge in [0.15, 0.2) is 0 Å². The zero-order chi connectivity index (χ0) is 25.3. The smallest absolute Gasteiger partial charge is 0.337 e. The molecular weight excluding hydrogens is 474 g/mol. The molecule has 3 aromatic carbocycles. The van der Waals surface area contributed by atoms with E-state index >= 15 is 0 Å². The van der Waals surface area contributed by atoms with Gasteiger partial charge in [-0.25, -0.2) is 9.00 Å². The normalized spacial score (nSPS) is 15.1. The molecule has 0 aromatic heterocycles. The van der Waals surface area contributed by atoms with Crippen LogP contribution in [0.15, 0.2) is 78.9 Å². The predicted molar refractivity (Wildman–Crippen MR) is 143 cm³/mol. The largest absolute Gasteiger partial charge is 0.465 e. The molecule has 1 atom stereocenters. The monoisotopic (exact) mass is 507 g/mol. The molecule has 190 valence electrons. The third-order valence-electron chi connectivity index (χ3n) is 6.54. The van der Waals surface area contributed by atoms with Gasteiger partial charge in [0.2, 0.25) is 11.3 Å². The van der Waals surface area contributed by atoms with Gasteiger partial charge in [-0.05, 0) is 41.3 Å². The lowest BCUT2D eigenvalue weighted by atomic mass is 10.1. The number of carbonyl (C=O) groups excluding carboxylic acids is 1. The zero-order valence-electron chi connectivity index (χ0n) is 20.6. The van der Waals surface area contributed by atoms with Crippen LogP contribution >= 0.6 is 0 Å². The number of esters is 1. The number of rotatable bonds is 10. The second-order valence-electron chi connectivity index (χ2n) is 8.91. The first-order chi connectivity index (χ1) is 17.5. The molecule has 0 spiro atoms. The molecule has 1 unspecified atom stereocenters. The van der Waals surface area contributed by atoms with Gasteiger partial charge in [0.05, 0.1) is 12.7 Å². The summed E-state index contributed by atoms with van der Waals surface area (Å²) in [6, 6.07) is 25.8. The van der Waals surface area contributed by atoms with Gasteiger partial charge >= 0.3 is 5.97 Å². The van der Waals surface area contributed by atoms with Crippen molar-refractivity contribution in [2.45, 2.75) is 19.5 Å². The summed E-state index contributed by atoms with van der Waals surface area (Å²) in [6.45, 7) is 5.61. The van der Waals surface area contributed by atoms with E-state index in [1.807, 2.05) is 12.1 Å². The Labute approximate surface area is 215 Å². The highest BCUT2D eigenvalue weighted by Crippen LogP contribution is 2.24. The number of carbonyl (C=O) groups is 1. The summed E-state index contributed by atoms with van der Waals surface area (Å²) in [5.74, 6) is -0.401. The Morgan fingerprint density at radius 2 is 1.58 bits per heavy atom. The number of anilines is 1. The van der Waals surface area contributed by atoms with Gasteiger partial charge in [0.1, 0.15) is 0 Å². The molecule has 0 aliphatic carbocycles. The highest BCUT2D eigenvalue weighted by molar-refractivity contribution is 7.76. The molecule has 0 radical (unpaired) electrons. The van der Waals surface area contributed by atoms with Crippen LogP contribution in [0.2, 0.25) is 0 Å². The van der Waals surface area contributed by atoms with E-state index in [2.05, 4.69) is 52.3 Å². The van der Waals surface area contributed by atoms with E-state index in [1.54, 1.807) is 24.3 Å². The quantitative estimate of drug-likeness (QED) is 0.331. The van der Waals surface area contributed by atoms with E-state index in [-0.39, 0.29) is 0 Å². The van der Waals surface area contributed by atoms with Gasteiger partial charge in [-0.2, -0.15) is 4.31 Å². The summed E-state index contributed by atoms with van der Waals surface area (Å²) >= 11 is -2.11. The first-order valence-electron chi connectivity index (χ1n) is 12.2. The Balaban J connectivity index is 1.35. The molecule has 7 nitrogen and oxygen atoms in total. The minimum atomic E-state index is -2.11. The summed E-state index contributed by atoms with van der Waals surface area (Å²) in [4.78, 5) is 16.6. The third-order valence-corrected chi connectivity index (χ3v) is 7.29. The number of para-hydroxylation sites is 1. The maximum atomic E-state index is 12.1. The molecule has 1 aliphatic rings. The van der Waals surface area contributed by atoms with E-state index in [1.165, 1.54) is 28.2 Å². The lowest BCUT2D eigenvalue weighted by Crippen LogP contribution is -2.46. The minimum Gasteiger partial charge on any atom is -0.465 e. The summed E-state index contributed by atoms with van der Waals surface area (Å²) in [5.41, 5.74) is 5.01. The maximum Gasteiger partial charge on any atom is 0.337 e. The van der Waals surface area contributed by atoms with Crippen LogP contribution in [0.1, 0.15) is 27.0 Å². The fourth-order valence-electron chi connectivity index (χ4n) is 4.54. The van der Waals surface area contributed by atoms with Crippen molar-refractivity contribution in [2.75, 3.05) is 44.7 Å². The number of nitrogens with zero attached hydrogens (tertiary/aromatic N) is 3. The third kappa shape index (κ3) is 7.01. The highest BCUT2D eigenvalue weighted by atomic mass is 32.2. The minimum absolute atomic E-state index is 0.310. The van der Waals surface area contributed by atoms with E-state index in [4.69, 9.17) is 4.74 Å². The van der Waals surface area contributed by atoms with Crippen LogP contribution in [0.5, 0.6) is 0 Å². The van der Waals surface area contributed by atoms with E-state index in [0.29, 0.717) is 25.1 Å². The molecule has 1 heterocycles. The Hall–Kier alpha value is -3.04. The van der Waals surface area contributed by atoms with Crippen molar-refractivity contribution in [3.63, 3.8) is 0 Å². The van der Waals surface area contributed by atoms with Crippen molar-refractivity contribution >= 4 is 22.9 Å². The standard InChI is InChI=1S/C28H33N3O4S/c1-35-28(32)26-13-11-24(12-14-26)22-31(36(33)34)16-15-25-9-5-6-10-27(25)30-19-17-29(18-20-30)21-23-7-3-2-4-8-23/h2-14H,15-22H2,1H3,(H,33,34). The van der Waals surface area contributed by atoms with Gasteiger partial charge in [-0.15, -0.1) is 0 Å². The van der Waals surface area contributed by atoms with Crippen molar-refractivity contribution < 1.29 is 18.3 Å². The van der Waals surface area contributed by atoms with Crippen LogP contribution in [-0.4, -0.2) is 63.8 Å². The van der Waals surface area contributed by atoms with E-state index in [0.717, 1.165) is 38.3 Å². The Bertz CT molecular complexity index is 1150. The lowest BCUT2D eigenvalue weighted by Gasteiger charge is -2.37. The molecule has 0 bridgehead atoms. The fraction of sp³-hybridized carbons (Fsp3) is 0.321. The molecule has 3 aromatic rings. The van der Waals surface area contributed by atoms with Crippen molar-refractivity contribution in [3.8, 4) is 0 Å². The summed E-state index contributed by atoms with van der Waals surface area (Å²) in [7, 11) is 1.34. The second-order valence-corrected chi connectivity index (χ2v) is 9.89. The summed E-state index contributed by atoms with van der Waals surface area (Å²) in [6.07, 6.45) is 0.660. The number of methoxy groups -OCH3 is 1. The van der Waals surface area contributed by atoms with Crippen molar-refractivity contribution in [2.24, 2.45) is 0 Å². The SMILES string of the molecule is COC(=O)c1ccc(CN(CCc2ccccc2N2CCN(Cc3ccccc3)CC2)S(=O)O)cc1. The van der Waals surface area contributed by atoms with Crippen molar-refractivity contribution in [1.82, 2.24) is 9.21 Å². The van der Waals surface area contributed by atoms with Crippen molar-refractivity contribution in [1.29, 1.82) is 0 Å². The second kappa shape index (κ2) is 12.8. The Kier molecular flexibility index (Phi) is 9.24. The van der Waals surface area contributed by atoms with Crippen LogP contribution in [0.25, 0.3) is 0 Å². The molecule has 1 N–H and O–H groups in total. The number of piperazine rings is 1. The topological polar surface area (TPSA) is 73.3 Å². The van der Waals surface area contributed by atoms with Crippen LogP contribution in [-0.2, 0) is 35.5 Å². The van der Waals surface area contributed by atoms with Crippen LogP contribution in [0.4, 0.5) is 5.69 Å². The molecule has 0 saturated carbocycles. The number of hydrogen-bond donors (Lipinski definition) is 1. The lowest BCUT2D eigenvalue weighted by molar-refractivity contribution is 0.0600. The van der Waals surface area contributed by atoms with Crippen LogP contribution < -0.4 is 4.90 Å². The highest BCUT2D eigenvalue weighted by Gasteiger charge is 2.20. The number of ether oxygens (including phenoxy) is 1. The molecule has 8 heteroatoms. The Morgan fingerprint density at radius 1 is 0.917 bits per heavy atom. The molecule has 1 aliphatic heterocycles. The number of benzene rings is 3. The van der Waals surface area contributed by atoms with Gasteiger partial charge < -0.3 is 9.64 Å². The molecule has 36 heavy (non-hydrogen) atoms. The predicted octanol–water partition coefficient (Wildman–Crippen LogP) is 3.98. The first-order valence-corrected chi connectivity index (χ1v) is 13.2. The Morgan fingerprint density at radius 3 is 2.25 bits per heavy atom. The maximum absolute atomic E-state index is 12.1.